The number of carbonyl (C=O) groups excluding carboxylic acids is 2. The first-order chi connectivity index (χ1) is 16.7. The van der Waals surface area contributed by atoms with Crippen molar-refractivity contribution in [3.8, 4) is 0 Å². The Kier molecular flexibility index (Phi) is 5.72. The summed E-state index contributed by atoms with van der Waals surface area (Å²) in [7, 11) is 0. The molecule has 0 aromatic heterocycles. The van der Waals surface area contributed by atoms with Gasteiger partial charge in [-0.25, -0.2) is 0 Å². The SMILES string of the molecule is CCN(c1ccccc1)c1cccc2c1C(=O)c1c(cccc1N(CC)c1ccccc1)C2=O. The summed E-state index contributed by atoms with van der Waals surface area (Å²) < 4.78 is 0. The Hall–Kier alpha value is -4.18. The lowest BCUT2D eigenvalue weighted by atomic mass is 9.81. The van der Waals surface area contributed by atoms with Gasteiger partial charge in [-0.3, -0.25) is 9.59 Å². The highest BCUT2D eigenvalue weighted by Crippen LogP contribution is 2.40. The molecule has 168 valence electrons. The maximum atomic E-state index is 14.2. The Balaban J connectivity index is 1.71. The van der Waals surface area contributed by atoms with E-state index in [0.29, 0.717) is 35.3 Å². The molecule has 0 radical (unpaired) electrons. The highest BCUT2D eigenvalue weighted by molar-refractivity contribution is 6.32. The van der Waals surface area contributed by atoms with Gasteiger partial charge in [0.1, 0.15) is 0 Å². The lowest BCUT2D eigenvalue weighted by Crippen LogP contribution is -2.28. The van der Waals surface area contributed by atoms with E-state index in [0.717, 1.165) is 22.7 Å². The van der Waals surface area contributed by atoms with Gasteiger partial charge in [-0.2, -0.15) is 0 Å². The van der Waals surface area contributed by atoms with Crippen molar-refractivity contribution in [3.63, 3.8) is 0 Å². The lowest BCUT2D eigenvalue weighted by molar-refractivity contribution is 0.0980. The third-order valence-corrected chi connectivity index (χ3v) is 6.38. The van der Waals surface area contributed by atoms with E-state index in [-0.39, 0.29) is 11.6 Å². The first-order valence-electron chi connectivity index (χ1n) is 11.7. The van der Waals surface area contributed by atoms with Gasteiger partial charge in [0.15, 0.2) is 11.6 Å². The molecule has 0 amide bonds. The number of rotatable bonds is 6. The number of nitrogens with zero attached hydrogens (tertiary/aromatic N) is 2. The molecule has 0 saturated carbocycles. The average Bonchev–Trinajstić information content (AvgIpc) is 2.89. The van der Waals surface area contributed by atoms with Crippen LogP contribution in [0.3, 0.4) is 0 Å². The minimum Gasteiger partial charge on any atom is -0.341 e. The van der Waals surface area contributed by atoms with Crippen LogP contribution in [-0.2, 0) is 0 Å². The van der Waals surface area contributed by atoms with Crippen LogP contribution in [0.25, 0.3) is 0 Å². The molecule has 0 spiro atoms. The van der Waals surface area contributed by atoms with Crippen LogP contribution in [0.15, 0.2) is 97.1 Å². The summed E-state index contributed by atoms with van der Waals surface area (Å²) >= 11 is 0. The number of anilines is 4. The van der Waals surface area contributed by atoms with E-state index in [4.69, 9.17) is 0 Å². The maximum Gasteiger partial charge on any atom is 0.198 e. The third kappa shape index (κ3) is 3.48. The van der Waals surface area contributed by atoms with Crippen LogP contribution in [0, 0.1) is 0 Å². The number of ketones is 2. The fraction of sp³-hybridized carbons (Fsp3) is 0.133. The predicted octanol–water partition coefficient (Wildman–Crippen LogP) is 6.78. The maximum absolute atomic E-state index is 14.2. The summed E-state index contributed by atoms with van der Waals surface area (Å²) in [4.78, 5) is 32.0. The molecule has 5 rings (SSSR count). The second-order valence-electron chi connectivity index (χ2n) is 8.22. The Bertz CT molecular complexity index is 1260. The molecule has 0 heterocycles. The molecule has 0 N–H and O–H groups in total. The number of carbonyl (C=O) groups is 2. The molecule has 0 saturated heterocycles. The van der Waals surface area contributed by atoms with Crippen LogP contribution in [-0.4, -0.2) is 24.7 Å². The number of fused-ring (bicyclic) bond motifs is 2. The summed E-state index contributed by atoms with van der Waals surface area (Å²) in [5.41, 5.74) is 5.35. The van der Waals surface area contributed by atoms with E-state index in [1.54, 1.807) is 12.1 Å². The standard InChI is InChI=1S/C30H26N2O2/c1-3-31(21-13-7-5-8-14-21)25-19-11-17-23-27(25)30(34)28-24(29(23)33)18-12-20-26(28)32(4-2)22-15-9-6-10-16-22/h5-20H,3-4H2,1-2H3. The Morgan fingerprint density at radius 2 is 0.912 bits per heavy atom. The third-order valence-electron chi connectivity index (χ3n) is 6.38. The molecule has 4 aromatic carbocycles. The van der Waals surface area contributed by atoms with Crippen molar-refractivity contribution in [2.24, 2.45) is 0 Å². The quantitative estimate of drug-likeness (QED) is 0.288. The van der Waals surface area contributed by atoms with Crippen molar-refractivity contribution in [1.82, 2.24) is 0 Å². The van der Waals surface area contributed by atoms with Gasteiger partial charge in [0.25, 0.3) is 0 Å². The van der Waals surface area contributed by atoms with Crippen LogP contribution in [0.2, 0.25) is 0 Å². The molecule has 1 aliphatic carbocycles. The number of benzene rings is 4. The highest BCUT2D eigenvalue weighted by atomic mass is 16.1. The zero-order chi connectivity index (χ0) is 23.7. The van der Waals surface area contributed by atoms with Crippen molar-refractivity contribution >= 4 is 34.3 Å². The number of hydrogen-bond acceptors (Lipinski definition) is 4. The second-order valence-corrected chi connectivity index (χ2v) is 8.22. The molecule has 34 heavy (non-hydrogen) atoms. The minimum atomic E-state index is -0.112. The van der Waals surface area contributed by atoms with Gasteiger partial charge >= 0.3 is 0 Å². The van der Waals surface area contributed by atoms with E-state index in [2.05, 4.69) is 23.6 Å². The molecule has 0 atom stereocenters. The van der Waals surface area contributed by atoms with Crippen LogP contribution in [0.5, 0.6) is 0 Å². The molecule has 0 fully saturated rings. The minimum absolute atomic E-state index is 0.110. The number of hydrogen-bond donors (Lipinski definition) is 0. The molecule has 4 nitrogen and oxygen atoms in total. The number of para-hydroxylation sites is 2. The summed E-state index contributed by atoms with van der Waals surface area (Å²) in [6.07, 6.45) is 0. The zero-order valence-electron chi connectivity index (χ0n) is 19.4. The molecular weight excluding hydrogens is 420 g/mol. The summed E-state index contributed by atoms with van der Waals surface area (Å²) in [5, 5.41) is 0. The molecule has 0 aliphatic heterocycles. The molecule has 0 unspecified atom stereocenters. The van der Waals surface area contributed by atoms with Gasteiger partial charge in [0, 0.05) is 35.6 Å². The Labute approximate surface area is 200 Å². The molecule has 1 aliphatic rings. The van der Waals surface area contributed by atoms with Crippen molar-refractivity contribution in [1.29, 1.82) is 0 Å². The smallest absolute Gasteiger partial charge is 0.198 e. The van der Waals surface area contributed by atoms with Crippen molar-refractivity contribution in [2.45, 2.75) is 13.8 Å². The van der Waals surface area contributed by atoms with Crippen LogP contribution < -0.4 is 9.80 Å². The molecular formula is C30H26N2O2. The fourth-order valence-corrected chi connectivity index (χ4v) is 4.86. The van der Waals surface area contributed by atoms with Gasteiger partial charge in [-0.05, 0) is 50.2 Å². The van der Waals surface area contributed by atoms with E-state index in [1.165, 1.54) is 0 Å². The first kappa shape index (κ1) is 21.7. The van der Waals surface area contributed by atoms with Crippen LogP contribution >= 0.6 is 0 Å². The van der Waals surface area contributed by atoms with E-state index in [9.17, 15) is 9.59 Å². The van der Waals surface area contributed by atoms with Crippen molar-refractivity contribution in [2.75, 3.05) is 22.9 Å². The van der Waals surface area contributed by atoms with Crippen LogP contribution in [0.1, 0.15) is 45.7 Å². The highest BCUT2D eigenvalue weighted by Gasteiger charge is 2.35. The Morgan fingerprint density at radius 3 is 1.29 bits per heavy atom. The van der Waals surface area contributed by atoms with Gasteiger partial charge in [0.05, 0.1) is 22.5 Å². The van der Waals surface area contributed by atoms with Crippen molar-refractivity contribution in [3.05, 3.63) is 119 Å². The van der Waals surface area contributed by atoms with Crippen molar-refractivity contribution < 1.29 is 9.59 Å². The monoisotopic (exact) mass is 446 g/mol. The average molecular weight is 447 g/mol. The van der Waals surface area contributed by atoms with Gasteiger partial charge in [0.2, 0.25) is 0 Å². The zero-order valence-corrected chi connectivity index (χ0v) is 19.4. The van der Waals surface area contributed by atoms with Crippen LogP contribution in [0.4, 0.5) is 22.7 Å². The first-order valence-corrected chi connectivity index (χ1v) is 11.7. The van der Waals surface area contributed by atoms with E-state index in [1.807, 2.05) is 84.9 Å². The van der Waals surface area contributed by atoms with E-state index >= 15 is 0 Å². The molecule has 4 heteroatoms. The molecule has 4 aromatic rings. The molecule has 0 bridgehead atoms. The van der Waals surface area contributed by atoms with Gasteiger partial charge in [-0.15, -0.1) is 0 Å². The summed E-state index contributed by atoms with van der Waals surface area (Å²) in [5.74, 6) is -0.221. The Morgan fingerprint density at radius 1 is 0.500 bits per heavy atom. The summed E-state index contributed by atoms with van der Waals surface area (Å²) in [6.45, 7) is 5.44. The van der Waals surface area contributed by atoms with Gasteiger partial charge in [-0.1, -0.05) is 60.7 Å². The normalized spacial score (nSPS) is 12.2. The van der Waals surface area contributed by atoms with E-state index < -0.39 is 0 Å². The largest absolute Gasteiger partial charge is 0.341 e. The summed E-state index contributed by atoms with van der Waals surface area (Å²) in [6, 6.07) is 31.1. The lowest BCUT2D eigenvalue weighted by Gasteiger charge is -2.31. The van der Waals surface area contributed by atoms with Gasteiger partial charge < -0.3 is 9.80 Å². The topological polar surface area (TPSA) is 40.6 Å². The second kappa shape index (κ2) is 8.99. The predicted molar refractivity (Wildman–Crippen MR) is 138 cm³/mol. The fourth-order valence-electron chi connectivity index (χ4n) is 4.86.